The molecule has 0 saturated heterocycles. The SMILES string of the molecule is [Be].[Nb].[Nb].[Nb]. The Balaban J connectivity index is 0. The molecular weight excluding hydrogens is 288 g/mol. The molecule has 0 fully saturated rings. The van der Waals surface area contributed by atoms with E-state index in [-0.39, 0.29) is 77.3 Å². The molecule has 5 radical (unpaired) electrons. The van der Waals surface area contributed by atoms with Gasteiger partial charge in [0, 0.05) is 77.3 Å². The molecule has 17 valence electrons. The molecule has 4 heteroatoms. The summed E-state index contributed by atoms with van der Waals surface area (Å²) in [6.45, 7) is 0. The van der Waals surface area contributed by atoms with Gasteiger partial charge in [0.1, 0.15) is 0 Å². The van der Waals surface area contributed by atoms with Gasteiger partial charge in [0.05, 0.1) is 0 Å². The fourth-order valence-electron chi connectivity index (χ4n) is 0. The molecule has 0 amide bonds. The van der Waals surface area contributed by atoms with Crippen LogP contribution in [-0.4, -0.2) is 10.1 Å². The molecule has 0 nitrogen and oxygen atoms in total. The molecule has 0 heterocycles. The van der Waals surface area contributed by atoms with E-state index in [2.05, 4.69) is 0 Å². The zero-order chi connectivity index (χ0) is 0. The van der Waals surface area contributed by atoms with Crippen LogP contribution in [0.15, 0.2) is 0 Å². The van der Waals surface area contributed by atoms with Crippen LogP contribution < -0.4 is 0 Å². The maximum Gasteiger partial charge on any atom is 0 e. The second kappa shape index (κ2) is 18.2. The van der Waals surface area contributed by atoms with Crippen molar-refractivity contribution in [1.29, 1.82) is 0 Å². The van der Waals surface area contributed by atoms with Crippen LogP contribution in [-0.2, 0) is 67.1 Å². The Morgan fingerprint density at radius 2 is 0.500 bits per heavy atom. The Morgan fingerprint density at radius 1 is 0.500 bits per heavy atom. The van der Waals surface area contributed by atoms with E-state index in [4.69, 9.17) is 0 Å². The summed E-state index contributed by atoms with van der Waals surface area (Å²) in [5.41, 5.74) is 0. The predicted octanol–water partition coefficient (Wildman–Crippen LogP) is -0.388. The van der Waals surface area contributed by atoms with Crippen molar-refractivity contribution in [2.45, 2.75) is 0 Å². The van der Waals surface area contributed by atoms with E-state index in [1.54, 1.807) is 0 Å². The molecule has 0 atom stereocenters. The Labute approximate surface area is 76.2 Å². The van der Waals surface area contributed by atoms with Crippen molar-refractivity contribution >= 4 is 10.1 Å². The zero-order valence-electron chi connectivity index (χ0n) is 2.05. The Morgan fingerprint density at radius 3 is 0.500 bits per heavy atom. The van der Waals surface area contributed by atoms with Crippen molar-refractivity contribution in [2.24, 2.45) is 0 Å². The third-order valence-electron chi connectivity index (χ3n) is 0. The average Bonchev–Trinajstić information content (AvgIpc) is 0. The van der Waals surface area contributed by atoms with Gasteiger partial charge in [0.25, 0.3) is 0 Å². The quantitative estimate of drug-likeness (QED) is 0.533. The summed E-state index contributed by atoms with van der Waals surface area (Å²) in [4.78, 5) is 0. The molecule has 0 aliphatic rings. The van der Waals surface area contributed by atoms with Crippen molar-refractivity contribution < 1.29 is 67.1 Å². The van der Waals surface area contributed by atoms with E-state index in [9.17, 15) is 0 Å². The minimum absolute atomic E-state index is 0. The van der Waals surface area contributed by atoms with Crippen molar-refractivity contribution in [3.8, 4) is 0 Å². The maximum atomic E-state index is 0. The standard InChI is InChI=1S/Be.3Nb. The van der Waals surface area contributed by atoms with Crippen LogP contribution in [0.2, 0.25) is 0 Å². The summed E-state index contributed by atoms with van der Waals surface area (Å²) >= 11 is 0. The second-order valence-corrected chi connectivity index (χ2v) is 0. The van der Waals surface area contributed by atoms with Gasteiger partial charge in [-0.3, -0.25) is 0 Å². The summed E-state index contributed by atoms with van der Waals surface area (Å²) in [7, 11) is 0. The van der Waals surface area contributed by atoms with Crippen molar-refractivity contribution in [3.63, 3.8) is 0 Å². The van der Waals surface area contributed by atoms with Crippen LogP contribution in [0, 0.1) is 0 Å². The summed E-state index contributed by atoms with van der Waals surface area (Å²) in [5, 5.41) is 0. The predicted molar refractivity (Wildman–Crippen MR) is 5.75 cm³/mol. The number of hydrogen-bond acceptors (Lipinski definition) is 0. The zero-order valence-corrected chi connectivity index (χ0v) is 8.64. The Kier molecular flexibility index (Phi) is 148. The molecule has 0 saturated carbocycles. The molecular formula is BeNb3. The van der Waals surface area contributed by atoms with Crippen molar-refractivity contribution in [3.05, 3.63) is 0 Å². The van der Waals surface area contributed by atoms with E-state index in [0.29, 0.717) is 0 Å². The molecule has 0 rings (SSSR count). The third kappa shape index (κ3) is 8.83. The molecule has 0 bridgehead atoms. The van der Waals surface area contributed by atoms with Gasteiger partial charge in [-0.05, 0) is 0 Å². The van der Waals surface area contributed by atoms with E-state index in [0.717, 1.165) is 0 Å². The first-order valence-electron chi connectivity index (χ1n) is 0. The second-order valence-electron chi connectivity index (χ2n) is 0. The molecule has 0 aromatic heterocycles. The summed E-state index contributed by atoms with van der Waals surface area (Å²) in [6.07, 6.45) is 0. The first-order chi connectivity index (χ1) is 0. The van der Waals surface area contributed by atoms with Gasteiger partial charge in [-0.1, -0.05) is 0 Å². The fraction of sp³-hybridized carbons (Fsp3) is 0. The van der Waals surface area contributed by atoms with E-state index in [1.165, 1.54) is 0 Å². The number of rotatable bonds is 0. The van der Waals surface area contributed by atoms with E-state index in [1.807, 2.05) is 0 Å². The molecule has 0 aromatic rings. The monoisotopic (exact) mass is 288 g/mol. The first kappa shape index (κ1) is 32.5. The van der Waals surface area contributed by atoms with Gasteiger partial charge in [-0.2, -0.15) is 0 Å². The van der Waals surface area contributed by atoms with Crippen LogP contribution in [0.4, 0.5) is 0 Å². The van der Waals surface area contributed by atoms with Gasteiger partial charge in [-0.15, -0.1) is 0 Å². The van der Waals surface area contributed by atoms with Crippen LogP contribution in [0.5, 0.6) is 0 Å². The Hall–Kier alpha value is 2.39. The smallest absolute Gasteiger partial charge is 0 e. The van der Waals surface area contributed by atoms with Crippen LogP contribution >= 0.6 is 0 Å². The molecule has 0 spiro atoms. The third-order valence-corrected chi connectivity index (χ3v) is 0. The summed E-state index contributed by atoms with van der Waals surface area (Å²) in [6, 6.07) is 0. The fourth-order valence-corrected chi connectivity index (χ4v) is 0. The summed E-state index contributed by atoms with van der Waals surface area (Å²) < 4.78 is 0. The normalized spacial score (nSPS) is 0. The molecule has 0 aliphatic carbocycles. The van der Waals surface area contributed by atoms with Gasteiger partial charge in [0.2, 0.25) is 0 Å². The average molecular weight is 288 g/mol. The van der Waals surface area contributed by atoms with E-state index < -0.39 is 0 Å². The Bertz CT molecular complexity index is 3.25. The van der Waals surface area contributed by atoms with Gasteiger partial charge >= 0.3 is 0 Å². The van der Waals surface area contributed by atoms with Crippen molar-refractivity contribution in [1.82, 2.24) is 0 Å². The van der Waals surface area contributed by atoms with Crippen LogP contribution in [0.3, 0.4) is 0 Å². The van der Waals surface area contributed by atoms with Gasteiger partial charge < -0.3 is 0 Å². The topological polar surface area (TPSA) is 0 Å². The number of hydrogen-bond donors (Lipinski definition) is 0. The largest absolute Gasteiger partial charge is 0 e. The van der Waals surface area contributed by atoms with Crippen LogP contribution in [0.25, 0.3) is 0 Å². The minimum atomic E-state index is 0. The van der Waals surface area contributed by atoms with Crippen LogP contribution in [0.1, 0.15) is 0 Å². The van der Waals surface area contributed by atoms with E-state index >= 15 is 0 Å². The molecule has 0 aromatic carbocycles. The molecule has 0 unspecified atom stereocenters. The maximum absolute atomic E-state index is 0. The molecule has 4 heavy (non-hydrogen) atoms. The first-order valence-corrected chi connectivity index (χ1v) is 0. The van der Waals surface area contributed by atoms with Gasteiger partial charge in [-0.25, -0.2) is 0 Å². The van der Waals surface area contributed by atoms with Crippen molar-refractivity contribution in [2.75, 3.05) is 0 Å². The molecule has 0 aliphatic heterocycles. The molecule has 0 N–H and O–H groups in total. The summed E-state index contributed by atoms with van der Waals surface area (Å²) in [5.74, 6) is 0. The minimum Gasteiger partial charge on any atom is 0 e. The van der Waals surface area contributed by atoms with Gasteiger partial charge in [0.15, 0.2) is 0 Å².